The van der Waals surface area contributed by atoms with E-state index >= 15 is 0 Å². The SMILES string of the molecule is COc1cc2c(c3c1OCO3)-c1c(cc(OC)c3c1OCO3)C(=O)N(CCN1CCN(C)CC1)C2. The molecule has 0 saturated carbocycles. The molecule has 0 bridgehead atoms. The first-order valence-corrected chi connectivity index (χ1v) is 11.8. The standard InChI is InChI=1S/C25H29N3O7/c1-26-4-6-27(7-5-26)8-9-28-12-15-10-17(30-2)21-23(34-13-32-21)19(15)20-16(25(28)29)11-18(31-3)22-24(20)35-14-33-22/h10-11H,4-9,12-14H2,1-3H3. The van der Waals surface area contributed by atoms with E-state index in [9.17, 15) is 4.79 Å². The van der Waals surface area contributed by atoms with Crippen molar-refractivity contribution in [1.29, 1.82) is 0 Å². The Hall–Kier alpha value is -3.37. The molecule has 0 unspecified atom stereocenters. The van der Waals surface area contributed by atoms with Gasteiger partial charge >= 0.3 is 0 Å². The van der Waals surface area contributed by atoms with Gasteiger partial charge in [0.1, 0.15) is 0 Å². The second kappa shape index (κ2) is 8.69. The summed E-state index contributed by atoms with van der Waals surface area (Å²) in [6.45, 7) is 5.96. The highest BCUT2D eigenvalue weighted by molar-refractivity contribution is 6.07. The summed E-state index contributed by atoms with van der Waals surface area (Å²) in [5, 5.41) is 0. The Balaban J connectivity index is 1.47. The third-order valence-corrected chi connectivity index (χ3v) is 7.15. The van der Waals surface area contributed by atoms with Gasteiger partial charge in [0.2, 0.25) is 25.1 Å². The van der Waals surface area contributed by atoms with Crippen LogP contribution in [0, 0.1) is 0 Å². The first-order chi connectivity index (χ1) is 17.1. The van der Waals surface area contributed by atoms with Crippen LogP contribution in [-0.2, 0) is 6.54 Å². The number of nitrogens with zero attached hydrogens (tertiary/aromatic N) is 3. The Morgan fingerprint density at radius 2 is 1.40 bits per heavy atom. The lowest BCUT2D eigenvalue weighted by Gasteiger charge is -2.34. The normalized spacial score (nSPS) is 18.8. The number of carbonyl (C=O) groups excluding carboxylic acids is 1. The van der Waals surface area contributed by atoms with Crippen molar-refractivity contribution in [3.05, 3.63) is 23.3 Å². The zero-order chi connectivity index (χ0) is 24.1. The van der Waals surface area contributed by atoms with Gasteiger partial charge in [-0.3, -0.25) is 9.69 Å². The largest absolute Gasteiger partial charge is 0.493 e. The number of piperazine rings is 1. The molecule has 0 aromatic heterocycles. The van der Waals surface area contributed by atoms with Crippen molar-refractivity contribution in [3.63, 3.8) is 0 Å². The molecule has 1 amide bonds. The van der Waals surface area contributed by atoms with E-state index in [4.69, 9.17) is 28.4 Å². The number of hydrogen-bond acceptors (Lipinski definition) is 9. The topological polar surface area (TPSA) is 82.2 Å². The average Bonchev–Trinajstić information content (AvgIpc) is 3.54. The van der Waals surface area contributed by atoms with Crippen LogP contribution in [0.4, 0.5) is 0 Å². The number of likely N-dealkylation sites (N-methyl/N-ethyl adjacent to an activating group) is 1. The first-order valence-electron chi connectivity index (χ1n) is 11.8. The van der Waals surface area contributed by atoms with E-state index < -0.39 is 0 Å². The Bertz CT molecular complexity index is 1180. The number of rotatable bonds is 5. The minimum Gasteiger partial charge on any atom is -0.493 e. The Kier molecular flexibility index (Phi) is 5.49. The Morgan fingerprint density at radius 3 is 2.06 bits per heavy atom. The predicted molar refractivity (Wildman–Crippen MR) is 126 cm³/mol. The van der Waals surface area contributed by atoms with Crippen molar-refractivity contribution in [2.75, 3.05) is 74.1 Å². The first kappa shape index (κ1) is 22.1. The van der Waals surface area contributed by atoms with Crippen LogP contribution < -0.4 is 28.4 Å². The number of ether oxygens (including phenoxy) is 6. The van der Waals surface area contributed by atoms with Gasteiger partial charge in [-0.2, -0.15) is 0 Å². The lowest BCUT2D eigenvalue weighted by atomic mass is 9.93. The summed E-state index contributed by atoms with van der Waals surface area (Å²) < 4.78 is 34.5. The van der Waals surface area contributed by atoms with Crippen molar-refractivity contribution in [3.8, 4) is 45.6 Å². The van der Waals surface area contributed by atoms with Crippen LogP contribution in [0.1, 0.15) is 15.9 Å². The number of carbonyl (C=O) groups is 1. The van der Waals surface area contributed by atoms with E-state index in [0.29, 0.717) is 58.7 Å². The van der Waals surface area contributed by atoms with Gasteiger partial charge in [0, 0.05) is 56.9 Å². The fourth-order valence-corrected chi connectivity index (χ4v) is 5.21. The van der Waals surface area contributed by atoms with Gasteiger partial charge in [-0.25, -0.2) is 0 Å². The molecule has 186 valence electrons. The van der Waals surface area contributed by atoms with Gasteiger partial charge < -0.3 is 38.2 Å². The third kappa shape index (κ3) is 3.59. The average molecular weight is 484 g/mol. The lowest BCUT2D eigenvalue weighted by Crippen LogP contribution is -2.47. The van der Waals surface area contributed by atoms with Gasteiger partial charge in [0.15, 0.2) is 23.0 Å². The van der Waals surface area contributed by atoms with Crippen LogP contribution in [-0.4, -0.2) is 94.7 Å². The maximum atomic E-state index is 14.0. The smallest absolute Gasteiger partial charge is 0.255 e. The maximum absolute atomic E-state index is 14.0. The fraction of sp³-hybridized carbons (Fsp3) is 0.480. The number of benzene rings is 2. The van der Waals surface area contributed by atoms with Crippen LogP contribution >= 0.6 is 0 Å². The monoisotopic (exact) mass is 483 g/mol. The highest BCUT2D eigenvalue weighted by atomic mass is 16.7. The second-order valence-corrected chi connectivity index (χ2v) is 9.12. The highest BCUT2D eigenvalue weighted by Crippen LogP contribution is 2.57. The predicted octanol–water partition coefficient (Wildman–Crippen LogP) is 2.03. The van der Waals surface area contributed by atoms with E-state index in [1.165, 1.54) is 0 Å². The molecule has 4 aliphatic heterocycles. The van der Waals surface area contributed by atoms with Gasteiger partial charge in [-0.15, -0.1) is 0 Å². The number of hydrogen-bond donors (Lipinski definition) is 0. The van der Waals surface area contributed by atoms with Gasteiger partial charge in [-0.05, 0) is 24.7 Å². The van der Waals surface area contributed by atoms with Crippen molar-refractivity contribution >= 4 is 5.91 Å². The molecule has 1 fully saturated rings. The molecule has 6 rings (SSSR count). The lowest BCUT2D eigenvalue weighted by molar-refractivity contribution is 0.0704. The molecule has 0 radical (unpaired) electrons. The molecule has 0 spiro atoms. The van der Waals surface area contributed by atoms with Crippen LogP contribution in [0.15, 0.2) is 12.1 Å². The van der Waals surface area contributed by atoms with E-state index in [-0.39, 0.29) is 19.5 Å². The molecule has 0 atom stereocenters. The molecule has 4 heterocycles. The number of methoxy groups -OCH3 is 2. The summed E-state index contributed by atoms with van der Waals surface area (Å²) >= 11 is 0. The van der Waals surface area contributed by atoms with Crippen LogP contribution in [0.25, 0.3) is 11.1 Å². The van der Waals surface area contributed by atoms with Gasteiger partial charge in [0.25, 0.3) is 5.91 Å². The minimum atomic E-state index is -0.0893. The molecule has 10 heteroatoms. The molecular formula is C25H29N3O7. The summed E-state index contributed by atoms with van der Waals surface area (Å²) in [6, 6.07) is 3.68. The molecule has 2 aromatic carbocycles. The summed E-state index contributed by atoms with van der Waals surface area (Å²) in [7, 11) is 5.30. The zero-order valence-corrected chi connectivity index (χ0v) is 20.2. The van der Waals surface area contributed by atoms with Crippen LogP contribution in [0.2, 0.25) is 0 Å². The fourth-order valence-electron chi connectivity index (χ4n) is 5.21. The van der Waals surface area contributed by atoms with Crippen molar-refractivity contribution < 1.29 is 33.2 Å². The summed E-state index contributed by atoms with van der Waals surface area (Å²) in [5.41, 5.74) is 2.81. The van der Waals surface area contributed by atoms with E-state index in [1.807, 2.05) is 11.0 Å². The molecule has 35 heavy (non-hydrogen) atoms. The Labute approximate surface area is 203 Å². The quantitative estimate of drug-likeness (QED) is 0.635. The van der Waals surface area contributed by atoms with Crippen molar-refractivity contribution in [1.82, 2.24) is 14.7 Å². The number of amides is 1. The van der Waals surface area contributed by atoms with Gasteiger partial charge in [-0.1, -0.05) is 0 Å². The van der Waals surface area contributed by atoms with Crippen molar-refractivity contribution in [2.24, 2.45) is 0 Å². The molecule has 1 saturated heterocycles. The molecule has 4 aliphatic rings. The maximum Gasteiger partial charge on any atom is 0.255 e. The van der Waals surface area contributed by atoms with E-state index in [0.717, 1.165) is 43.9 Å². The second-order valence-electron chi connectivity index (χ2n) is 9.12. The molecule has 10 nitrogen and oxygen atoms in total. The highest BCUT2D eigenvalue weighted by Gasteiger charge is 2.39. The summed E-state index contributed by atoms with van der Waals surface area (Å²) in [4.78, 5) is 20.6. The molecule has 0 N–H and O–H groups in total. The summed E-state index contributed by atoms with van der Waals surface area (Å²) in [6.07, 6.45) is 0. The van der Waals surface area contributed by atoms with Crippen molar-refractivity contribution in [2.45, 2.75) is 6.54 Å². The number of fused-ring (bicyclic) bond motifs is 7. The molecule has 2 aromatic rings. The van der Waals surface area contributed by atoms with E-state index in [1.54, 1.807) is 20.3 Å². The van der Waals surface area contributed by atoms with E-state index in [2.05, 4.69) is 16.8 Å². The Morgan fingerprint density at radius 1 is 0.800 bits per heavy atom. The third-order valence-electron chi connectivity index (χ3n) is 7.15. The zero-order valence-electron chi connectivity index (χ0n) is 20.2. The minimum absolute atomic E-state index is 0.0501. The van der Waals surface area contributed by atoms with Crippen LogP contribution in [0.5, 0.6) is 34.5 Å². The van der Waals surface area contributed by atoms with Gasteiger partial charge in [0.05, 0.1) is 19.8 Å². The van der Waals surface area contributed by atoms with Crippen LogP contribution in [0.3, 0.4) is 0 Å². The molecule has 0 aliphatic carbocycles. The molecular weight excluding hydrogens is 454 g/mol. The summed E-state index contributed by atoms with van der Waals surface area (Å²) in [5.74, 6) is 3.00.